The third-order valence-corrected chi connectivity index (χ3v) is 4.24. The monoisotopic (exact) mass is 356 g/mol. The number of ether oxygens (including phenoxy) is 1. The highest BCUT2D eigenvalue weighted by Crippen LogP contribution is 2.27. The lowest BCUT2D eigenvalue weighted by atomic mass is 9.93. The standard InChI is InChI=1S/C13H15Cl2FO4S/c1-13(2,3)4-5-20-12(17)8-6-11(21(15,18)19)10(16)7-9(8)14/h6-7H,4-5H2,1-3H3. The summed E-state index contributed by atoms with van der Waals surface area (Å²) in [6, 6.07) is 1.50. The zero-order chi connectivity index (χ0) is 16.4. The van der Waals surface area contributed by atoms with E-state index in [-0.39, 0.29) is 22.6 Å². The first-order chi connectivity index (χ1) is 9.42. The summed E-state index contributed by atoms with van der Waals surface area (Å²) >= 11 is 5.74. The van der Waals surface area contributed by atoms with Crippen molar-refractivity contribution < 1.29 is 22.3 Å². The molecule has 0 heterocycles. The van der Waals surface area contributed by atoms with E-state index in [4.69, 9.17) is 27.0 Å². The molecule has 0 saturated heterocycles. The lowest BCUT2D eigenvalue weighted by Crippen LogP contribution is -2.14. The van der Waals surface area contributed by atoms with E-state index >= 15 is 0 Å². The van der Waals surface area contributed by atoms with Crippen LogP contribution in [-0.4, -0.2) is 21.0 Å². The summed E-state index contributed by atoms with van der Waals surface area (Å²) in [5.74, 6) is -1.95. The van der Waals surface area contributed by atoms with E-state index in [2.05, 4.69) is 0 Å². The van der Waals surface area contributed by atoms with Gasteiger partial charge in [0.1, 0.15) is 10.7 Å². The molecular formula is C13H15Cl2FO4S. The van der Waals surface area contributed by atoms with Crippen LogP contribution in [0.2, 0.25) is 5.02 Å². The fourth-order valence-corrected chi connectivity index (χ4v) is 2.53. The van der Waals surface area contributed by atoms with Gasteiger partial charge in [0, 0.05) is 10.7 Å². The first-order valence-corrected chi connectivity index (χ1v) is 8.71. The summed E-state index contributed by atoms with van der Waals surface area (Å²) in [5.41, 5.74) is -0.275. The first-order valence-electron chi connectivity index (χ1n) is 6.02. The molecule has 0 aliphatic heterocycles. The van der Waals surface area contributed by atoms with E-state index in [0.29, 0.717) is 6.42 Å². The van der Waals surface area contributed by atoms with Crippen LogP contribution in [0.15, 0.2) is 17.0 Å². The highest BCUT2D eigenvalue weighted by atomic mass is 35.7. The molecule has 4 nitrogen and oxygen atoms in total. The number of hydrogen-bond donors (Lipinski definition) is 0. The third kappa shape index (κ3) is 5.45. The first kappa shape index (κ1) is 18.2. The maximum Gasteiger partial charge on any atom is 0.339 e. The van der Waals surface area contributed by atoms with Gasteiger partial charge in [-0.15, -0.1) is 0 Å². The van der Waals surface area contributed by atoms with Crippen LogP contribution in [0.25, 0.3) is 0 Å². The minimum Gasteiger partial charge on any atom is -0.462 e. The highest BCUT2D eigenvalue weighted by molar-refractivity contribution is 8.13. The molecule has 1 rings (SSSR count). The smallest absolute Gasteiger partial charge is 0.339 e. The largest absolute Gasteiger partial charge is 0.462 e. The zero-order valence-corrected chi connectivity index (χ0v) is 14.1. The van der Waals surface area contributed by atoms with Gasteiger partial charge < -0.3 is 4.74 Å². The fraction of sp³-hybridized carbons (Fsp3) is 0.462. The van der Waals surface area contributed by atoms with Crippen molar-refractivity contribution in [1.82, 2.24) is 0 Å². The van der Waals surface area contributed by atoms with E-state index < -0.39 is 25.7 Å². The van der Waals surface area contributed by atoms with Crippen LogP contribution in [0.3, 0.4) is 0 Å². The Morgan fingerprint density at radius 2 is 1.90 bits per heavy atom. The second kappa shape index (κ2) is 6.50. The SMILES string of the molecule is CC(C)(C)CCOC(=O)c1cc(S(=O)(=O)Cl)c(F)cc1Cl. The molecule has 0 amide bonds. The molecule has 0 spiro atoms. The predicted molar refractivity (Wildman–Crippen MR) is 78.8 cm³/mol. The number of halogens is 3. The Morgan fingerprint density at radius 1 is 1.33 bits per heavy atom. The zero-order valence-electron chi connectivity index (χ0n) is 11.7. The molecule has 21 heavy (non-hydrogen) atoms. The van der Waals surface area contributed by atoms with Gasteiger partial charge in [-0.05, 0) is 24.0 Å². The van der Waals surface area contributed by atoms with Crippen LogP contribution in [-0.2, 0) is 13.8 Å². The summed E-state index contributed by atoms with van der Waals surface area (Å²) in [4.78, 5) is 11.1. The number of hydrogen-bond acceptors (Lipinski definition) is 4. The lowest BCUT2D eigenvalue weighted by molar-refractivity contribution is 0.0464. The summed E-state index contributed by atoms with van der Waals surface area (Å²) in [6.07, 6.45) is 0.609. The van der Waals surface area contributed by atoms with Crippen molar-refractivity contribution in [2.45, 2.75) is 32.1 Å². The lowest BCUT2D eigenvalue weighted by Gasteiger charge is -2.17. The van der Waals surface area contributed by atoms with Gasteiger partial charge in [-0.3, -0.25) is 0 Å². The summed E-state index contributed by atoms with van der Waals surface area (Å²) in [5, 5.41) is -0.239. The Bertz CT molecular complexity index is 651. The molecule has 0 radical (unpaired) electrons. The van der Waals surface area contributed by atoms with E-state index in [1.807, 2.05) is 20.8 Å². The Hall–Kier alpha value is -0.850. The van der Waals surface area contributed by atoms with E-state index in [0.717, 1.165) is 12.1 Å². The van der Waals surface area contributed by atoms with Crippen molar-refractivity contribution in [1.29, 1.82) is 0 Å². The van der Waals surface area contributed by atoms with Crippen molar-refractivity contribution in [3.8, 4) is 0 Å². The number of esters is 1. The molecule has 0 aliphatic carbocycles. The van der Waals surface area contributed by atoms with Gasteiger partial charge in [0.2, 0.25) is 0 Å². The molecule has 0 atom stereocenters. The Labute approximate surface area is 132 Å². The average Bonchev–Trinajstić information content (AvgIpc) is 2.24. The molecule has 0 bridgehead atoms. The van der Waals surface area contributed by atoms with Gasteiger partial charge in [0.25, 0.3) is 9.05 Å². The minimum absolute atomic E-state index is 0.0302. The molecule has 0 aliphatic rings. The summed E-state index contributed by atoms with van der Waals surface area (Å²) in [7, 11) is 0.775. The summed E-state index contributed by atoms with van der Waals surface area (Å²) in [6.45, 7) is 6.07. The van der Waals surface area contributed by atoms with Crippen molar-refractivity contribution in [2.24, 2.45) is 5.41 Å². The molecule has 118 valence electrons. The summed E-state index contributed by atoms with van der Waals surface area (Å²) < 4.78 is 40.9. The topological polar surface area (TPSA) is 60.4 Å². The molecule has 8 heteroatoms. The molecule has 1 aromatic carbocycles. The number of benzene rings is 1. The quantitative estimate of drug-likeness (QED) is 0.604. The van der Waals surface area contributed by atoms with Gasteiger partial charge >= 0.3 is 5.97 Å². The normalized spacial score (nSPS) is 12.3. The fourth-order valence-electron chi connectivity index (χ4n) is 1.40. The number of rotatable bonds is 4. The van der Waals surface area contributed by atoms with Crippen LogP contribution in [0, 0.1) is 11.2 Å². The van der Waals surface area contributed by atoms with Gasteiger partial charge in [-0.1, -0.05) is 32.4 Å². The van der Waals surface area contributed by atoms with Gasteiger partial charge in [-0.2, -0.15) is 0 Å². The maximum absolute atomic E-state index is 13.5. The van der Waals surface area contributed by atoms with E-state index in [9.17, 15) is 17.6 Å². The average molecular weight is 357 g/mol. The van der Waals surface area contributed by atoms with E-state index in [1.54, 1.807) is 0 Å². The molecule has 0 N–H and O–H groups in total. The van der Waals surface area contributed by atoms with Crippen LogP contribution < -0.4 is 0 Å². The van der Waals surface area contributed by atoms with Crippen molar-refractivity contribution in [3.05, 3.63) is 28.5 Å². The molecule has 0 saturated carbocycles. The molecule has 0 fully saturated rings. The van der Waals surface area contributed by atoms with Crippen LogP contribution >= 0.6 is 22.3 Å². The van der Waals surface area contributed by atoms with Crippen LogP contribution in [0.5, 0.6) is 0 Å². The number of carbonyl (C=O) groups excluding carboxylic acids is 1. The van der Waals surface area contributed by atoms with Gasteiger partial charge in [0.15, 0.2) is 0 Å². The third-order valence-electron chi connectivity index (χ3n) is 2.59. The maximum atomic E-state index is 13.5. The predicted octanol–water partition coefficient (Wildman–Crippen LogP) is 4.00. The second-order valence-electron chi connectivity index (χ2n) is 5.65. The Balaban J connectivity index is 3.00. The second-order valence-corrected chi connectivity index (χ2v) is 8.59. The van der Waals surface area contributed by atoms with Crippen molar-refractivity contribution >= 4 is 37.3 Å². The van der Waals surface area contributed by atoms with E-state index in [1.165, 1.54) is 0 Å². The number of carbonyl (C=O) groups is 1. The van der Waals surface area contributed by atoms with Crippen LogP contribution in [0.1, 0.15) is 37.6 Å². The highest BCUT2D eigenvalue weighted by Gasteiger charge is 2.23. The molecule has 1 aromatic rings. The van der Waals surface area contributed by atoms with Crippen molar-refractivity contribution in [3.63, 3.8) is 0 Å². The molecule has 0 unspecified atom stereocenters. The molecular weight excluding hydrogens is 342 g/mol. The minimum atomic E-state index is -4.32. The molecule has 0 aromatic heterocycles. The van der Waals surface area contributed by atoms with Gasteiger partial charge in [-0.25, -0.2) is 17.6 Å². The van der Waals surface area contributed by atoms with Crippen LogP contribution in [0.4, 0.5) is 4.39 Å². The van der Waals surface area contributed by atoms with Crippen molar-refractivity contribution in [2.75, 3.05) is 6.61 Å². The Kier molecular flexibility index (Phi) is 5.63. The van der Waals surface area contributed by atoms with Gasteiger partial charge in [0.05, 0.1) is 17.2 Å². The Morgan fingerprint density at radius 3 is 2.38 bits per heavy atom.